The maximum atomic E-state index is 10.8. The third kappa shape index (κ3) is 10.2. The first-order chi connectivity index (χ1) is 9.64. The summed E-state index contributed by atoms with van der Waals surface area (Å²) in [5.41, 5.74) is 0. The van der Waals surface area contributed by atoms with E-state index in [9.17, 15) is 13.2 Å². The Balaban J connectivity index is 0.000000384. The van der Waals surface area contributed by atoms with Gasteiger partial charge in [0, 0.05) is 17.1 Å². The first-order valence-electron chi connectivity index (χ1n) is 6.01. The van der Waals surface area contributed by atoms with Crippen LogP contribution in [0, 0.1) is 0 Å². The molecule has 0 saturated heterocycles. The van der Waals surface area contributed by atoms with Crippen LogP contribution >= 0.6 is 15.9 Å². The van der Waals surface area contributed by atoms with Gasteiger partial charge in [-0.25, -0.2) is 18.4 Å². The molecule has 0 heterocycles. The fraction of sp³-hybridized carbons (Fsp3) is 0.417. The van der Waals surface area contributed by atoms with Crippen LogP contribution in [0.5, 0.6) is 0 Å². The molecule has 7 nitrogen and oxygen atoms in total. The summed E-state index contributed by atoms with van der Waals surface area (Å²) in [6, 6.07) is 6.78. The molecular formula is C12H19BrN2O5S. The van der Waals surface area contributed by atoms with Gasteiger partial charge < -0.3 is 15.2 Å². The number of nitrogens with one attached hydrogen (secondary N) is 1. The van der Waals surface area contributed by atoms with Gasteiger partial charge in [0.2, 0.25) is 10.0 Å². The number of hydrogen-bond acceptors (Lipinski definition) is 5. The highest BCUT2D eigenvalue weighted by Gasteiger charge is 2.09. The highest BCUT2D eigenvalue weighted by molar-refractivity contribution is 9.10. The van der Waals surface area contributed by atoms with Crippen LogP contribution in [0.4, 0.5) is 4.79 Å². The largest absolute Gasteiger partial charge is 0.505 e. The van der Waals surface area contributed by atoms with E-state index in [1.165, 1.54) is 6.07 Å². The summed E-state index contributed by atoms with van der Waals surface area (Å²) in [7, 11) is -3.58. The van der Waals surface area contributed by atoms with Gasteiger partial charge in [0.05, 0.1) is 4.90 Å². The zero-order valence-electron chi connectivity index (χ0n) is 11.7. The van der Waals surface area contributed by atoms with Gasteiger partial charge in [0.1, 0.15) is 6.61 Å². The predicted octanol–water partition coefficient (Wildman–Crippen LogP) is 1.78. The highest BCUT2D eigenvalue weighted by Crippen LogP contribution is 2.19. The van der Waals surface area contributed by atoms with Gasteiger partial charge in [-0.15, -0.1) is 0 Å². The van der Waals surface area contributed by atoms with Crippen molar-refractivity contribution in [3.63, 3.8) is 0 Å². The van der Waals surface area contributed by atoms with E-state index in [0.717, 1.165) is 0 Å². The molecule has 0 aromatic heterocycles. The summed E-state index contributed by atoms with van der Waals surface area (Å²) in [6.07, 6.45) is -1.22. The van der Waals surface area contributed by atoms with E-state index >= 15 is 0 Å². The van der Waals surface area contributed by atoms with Crippen LogP contribution in [0.2, 0.25) is 0 Å². The number of carbonyl (C=O) groups is 1. The monoisotopic (exact) mass is 382 g/mol. The van der Waals surface area contributed by atoms with Crippen molar-refractivity contribution in [2.24, 2.45) is 5.14 Å². The van der Waals surface area contributed by atoms with Crippen molar-refractivity contribution in [2.75, 3.05) is 13.2 Å². The number of sulfonamides is 1. The molecular weight excluding hydrogens is 364 g/mol. The van der Waals surface area contributed by atoms with Gasteiger partial charge in [-0.3, -0.25) is 0 Å². The lowest BCUT2D eigenvalue weighted by molar-refractivity contribution is 0.0919. The summed E-state index contributed by atoms with van der Waals surface area (Å²) in [5.74, 6) is 0. The molecule has 1 aromatic rings. The molecule has 0 amide bonds. The molecule has 0 unspecified atom stereocenters. The first kappa shape index (κ1) is 19.8. The van der Waals surface area contributed by atoms with Gasteiger partial charge >= 0.3 is 6.16 Å². The molecule has 21 heavy (non-hydrogen) atoms. The maximum absolute atomic E-state index is 10.8. The molecule has 0 bridgehead atoms. The van der Waals surface area contributed by atoms with E-state index < -0.39 is 16.2 Å². The van der Waals surface area contributed by atoms with Crippen molar-refractivity contribution in [2.45, 2.75) is 24.8 Å². The predicted molar refractivity (Wildman–Crippen MR) is 82.6 cm³/mol. The summed E-state index contributed by atoms with van der Waals surface area (Å²) in [4.78, 5) is 9.91. The number of rotatable bonds is 5. The van der Waals surface area contributed by atoms with E-state index in [0.29, 0.717) is 17.1 Å². The molecule has 0 radical (unpaired) electrons. The van der Waals surface area contributed by atoms with Gasteiger partial charge in [-0.2, -0.15) is 0 Å². The van der Waals surface area contributed by atoms with Crippen LogP contribution in [0.15, 0.2) is 33.6 Å². The Labute approximate surface area is 132 Å². The minimum atomic E-state index is -3.58. The Morgan fingerprint density at radius 2 is 2.00 bits per heavy atom. The molecule has 0 spiro atoms. The average molecular weight is 383 g/mol. The van der Waals surface area contributed by atoms with Crippen molar-refractivity contribution in [3.05, 3.63) is 28.7 Å². The SMILES string of the molecule is CC(C)NCCOC(=O)O.NS(=O)(=O)c1ccccc1Br. The Morgan fingerprint density at radius 3 is 2.38 bits per heavy atom. The van der Waals surface area contributed by atoms with Crippen molar-refractivity contribution >= 4 is 32.1 Å². The lowest BCUT2D eigenvalue weighted by Crippen LogP contribution is -2.27. The second-order valence-electron chi connectivity index (χ2n) is 4.20. The number of nitrogens with two attached hydrogens (primary N) is 1. The third-order valence-corrected chi connectivity index (χ3v) is 3.95. The minimum Gasteiger partial charge on any atom is -0.450 e. The van der Waals surface area contributed by atoms with Crippen LogP contribution < -0.4 is 10.5 Å². The number of primary sulfonamides is 1. The number of carboxylic acid groups (broad SMARTS) is 1. The number of halogens is 1. The lowest BCUT2D eigenvalue weighted by Gasteiger charge is -2.06. The van der Waals surface area contributed by atoms with Crippen LogP contribution in [-0.4, -0.2) is 38.9 Å². The van der Waals surface area contributed by atoms with E-state index in [1.54, 1.807) is 18.2 Å². The number of hydrogen-bond donors (Lipinski definition) is 3. The summed E-state index contributed by atoms with van der Waals surface area (Å²) in [6.45, 7) is 4.76. The van der Waals surface area contributed by atoms with E-state index in [2.05, 4.69) is 26.0 Å². The molecule has 0 atom stereocenters. The summed E-state index contributed by atoms with van der Waals surface area (Å²) >= 11 is 3.07. The molecule has 0 aliphatic heterocycles. The first-order valence-corrected chi connectivity index (χ1v) is 8.35. The third-order valence-electron chi connectivity index (χ3n) is 2.02. The molecule has 0 aliphatic carbocycles. The molecule has 9 heteroatoms. The molecule has 0 saturated carbocycles. The Kier molecular flexibility index (Phi) is 9.18. The van der Waals surface area contributed by atoms with Crippen LogP contribution in [0.25, 0.3) is 0 Å². The van der Waals surface area contributed by atoms with Crippen LogP contribution in [0.3, 0.4) is 0 Å². The standard InChI is InChI=1S/C6H6BrNO2S.C6H13NO3/c7-5-3-1-2-4-6(5)11(8,9)10;1-5(2)7-3-4-10-6(8)9/h1-4H,(H2,8,9,10);5,7H,3-4H2,1-2H3,(H,8,9). The van der Waals surface area contributed by atoms with Crippen molar-refractivity contribution in [3.8, 4) is 0 Å². The zero-order chi connectivity index (χ0) is 16.5. The van der Waals surface area contributed by atoms with Gasteiger partial charge in [0.15, 0.2) is 0 Å². The minimum absolute atomic E-state index is 0.111. The van der Waals surface area contributed by atoms with Gasteiger partial charge in [0.25, 0.3) is 0 Å². The number of ether oxygens (including phenoxy) is 1. The smallest absolute Gasteiger partial charge is 0.450 e. The topological polar surface area (TPSA) is 119 Å². The molecule has 4 N–H and O–H groups in total. The second-order valence-corrected chi connectivity index (χ2v) is 6.58. The Hall–Kier alpha value is -1.16. The molecule has 1 rings (SSSR count). The van der Waals surface area contributed by atoms with E-state index in [-0.39, 0.29) is 11.5 Å². The quantitative estimate of drug-likeness (QED) is 0.527. The second kappa shape index (κ2) is 9.72. The fourth-order valence-corrected chi connectivity index (χ4v) is 2.73. The van der Waals surface area contributed by atoms with Gasteiger partial charge in [-0.1, -0.05) is 26.0 Å². The van der Waals surface area contributed by atoms with Crippen LogP contribution in [0.1, 0.15) is 13.8 Å². The van der Waals surface area contributed by atoms with E-state index in [4.69, 9.17) is 10.2 Å². The van der Waals surface area contributed by atoms with Gasteiger partial charge in [-0.05, 0) is 28.1 Å². The normalized spacial score (nSPS) is 10.7. The van der Waals surface area contributed by atoms with Crippen LogP contribution in [-0.2, 0) is 14.8 Å². The lowest BCUT2D eigenvalue weighted by atomic mass is 10.4. The highest BCUT2D eigenvalue weighted by atomic mass is 79.9. The molecule has 120 valence electrons. The average Bonchev–Trinajstić information content (AvgIpc) is 2.34. The number of benzene rings is 1. The molecule has 0 aliphatic rings. The summed E-state index contributed by atoms with van der Waals surface area (Å²) in [5, 5.41) is 15.9. The Bertz CT molecular complexity index is 548. The maximum Gasteiger partial charge on any atom is 0.505 e. The fourth-order valence-electron chi connectivity index (χ4n) is 1.16. The Morgan fingerprint density at radius 1 is 1.43 bits per heavy atom. The van der Waals surface area contributed by atoms with Crippen molar-refractivity contribution < 1.29 is 23.1 Å². The van der Waals surface area contributed by atoms with Crippen molar-refractivity contribution in [1.82, 2.24) is 5.32 Å². The zero-order valence-corrected chi connectivity index (χ0v) is 14.1. The molecule has 0 fully saturated rings. The summed E-state index contributed by atoms with van der Waals surface area (Å²) < 4.78 is 26.3. The van der Waals surface area contributed by atoms with E-state index in [1.807, 2.05) is 13.8 Å². The van der Waals surface area contributed by atoms with Crippen molar-refractivity contribution in [1.29, 1.82) is 0 Å². The molecule has 1 aromatic carbocycles.